The zero-order valence-corrected chi connectivity index (χ0v) is 25.7. The largest absolute Gasteiger partial charge is 0.503 e. The quantitative estimate of drug-likeness (QED) is 0.0753. The zero-order chi connectivity index (χ0) is 29.8. The standard InChI is InChI=1S/C30H29FN4O4S3/c1-4-5-8-15-39-21-13-11-19(12-14-21)24-23(25(36)27-17(2)32-18(3)41-27)26(37)28(38)35(24)29-33-34-30(42-29)40-16-20-9-6-7-10-22(20)31/h6-7,9-14,24,37H,4-5,8,15-16H2,1-3H3. The van der Waals surface area contributed by atoms with Crippen molar-refractivity contribution in [2.45, 2.75) is 56.2 Å². The van der Waals surface area contributed by atoms with E-state index in [4.69, 9.17) is 4.74 Å². The van der Waals surface area contributed by atoms with Gasteiger partial charge in [0, 0.05) is 5.75 Å². The molecule has 0 spiro atoms. The lowest BCUT2D eigenvalue weighted by Crippen LogP contribution is -2.31. The van der Waals surface area contributed by atoms with Gasteiger partial charge in [0.1, 0.15) is 11.6 Å². The molecule has 2 aromatic heterocycles. The first-order valence-corrected chi connectivity index (χ1v) is 16.1. The minimum absolute atomic E-state index is 0.0425. The smallest absolute Gasteiger partial charge is 0.296 e. The summed E-state index contributed by atoms with van der Waals surface area (Å²) in [6, 6.07) is 12.7. The van der Waals surface area contributed by atoms with Crippen LogP contribution in [-0.2, 0) is 10.5 Å². The average Bonchev–Trinajstić information content (AvgIpc) is 3.66. The summed E-state index contributed by atoms with van der Waals surface area (Å²) in [4.78, 5) is 33.4. The van der Waals surface area contributed by atoms with Crippen LogP contribution in [0.4, 0.5) is 9.52 Å². The van der Waals surface area contributed by atoms with Crippen molar-refractivity contribution in [3.63, 3.8) is 0 Å². The third-order valence-corrected chi connectivity index (χ3v) is 9.86. The summed E-state index contributed by atoms with van der Waals surface area (Å²) in [5.74, 6) is -1.16. The molecule has 12 heteroatoms. The zero-order valence-electron chi connectivity index (χ0n) is 23.3. The van der Waals surface area contributed by atoms with Crippen molar-refractivity contribution in [3.05, 3.63) is 92.4 Å². The molecule has 4 aromatic rings. The summed E-state index contributed by atoms with van der Waals surface area (Å²) in [6.45, 7) is 6.25. The number of nitrogens with zero attached hydrogens (tertiary/aromatic N) is 4. The Morgan fingerprint density at radius 2 is 1.86 bits per heavy atom. The van der Waals surface area contributed by atoms with Gasteiger partial charge in [0.25, 0.3) is 5.91 Å². The molecule has 1 aliphatic rings. The monoisotopic (exact) mass is 624 g/mol. The van der Waals surface area contributed by atoms with E-state index in [1.807, 2.05) is 0 Å². The van der Waals surface area contributed by atoms with Crippen LogP contribution in [0.1, 0.15) is 63.7 Å². The van der Waals surface area contributed by atoms with Crippen molar-refractivity contribution in [1.82, 2.24) is 15.2 Å². The molecule has 218 valence electrons. The fraction of sp³-hybridized carbons (Fsp3) is 0.300. The predicted molar refractivity (Wildman–Crippen MR) is 163 cm³/mol. The Morgan fingerprint density at radius 1 is 1.10 bits per heavy atom. The number of amides is 1. The van der Waals surface area contributed by atoms with Gasteiger partial charge >= 0.3 is 0 Å². The summed E-state index contributed by atoms with van der Waals surface area (Å²) in [5, 5.41) is 20.5. The van der Waals surface area contributed by atoms with Gasteiger partial charge in [-0.2, -0.15) is 0 Å². The number of halogens is 1. The number of hydrogen-bond donors (Lipinski definition) is 1. The number of thiazole rings is 1. The van der Waals surface area contributed by atoms with E-state index in [0.717, 1.165) is 30.6 Å². The van der Waals surface area contributed by atoms with Crippen molar-refractivity contribution in [1.29, 1.82) is 0 Å². The highest BCUT2D eigenvalue weighted by Gasteiger charge is 2.46. The molecule has 0 aliphatic carbocycles. The summed E-state index contributed by atoms with van der Waals surface area (Å²) >= 11 is 3.64. The van der Waals surface area contributed by atoms with E-state index >= 15 is 0 Å². The maximum Gasteiger partial charge on any atom is 0.296 e. The Morgan fingerprint density at radius 3 is 2.55 bits per heavy atom. The Bertz CT molecular complexity index is 1630. The van der Waals surface area contributed by atoms with Crippen LogP contribution >= 0.6 is 34.4 Å². The summed E-state index contributed by atoms with van der Waals surface area (Å²) in [6.07, 6.45) is 3.11. The van der Waals surface area contributed by atoms with Gasteiger partial charge in [-0.15, -0.1) is 21.5 Å². The van der Waals surface area contributed by atoms with Crippen LogP contribution in [0.2, 0.25) is 0 Å². The number of rotatable bonds is 12. The van der Waals surface area contributed by atoms with Crippen LogP contribution < -0.4 is 9.64 Å². The predicted octanol–water partition coefficient (Wildman–Crippen LogP) is 7.39. The lowest BCUT2D eigenvalue weighted by molar-refractivity contribution is -0.117. The molecule has 0 radical (unpaired) electrons. The van der Waals surface area contributed by atoms with Gasteiger partial charge in [0.2, 0.25) is 10.9 Å². The van der Waals surface area contributed by atoms with Gasteiger partial charge in [-0.1, -0.05) is 73.2 Å². The number of unbranched alkanes of at least 4 members (excludes halogenated alkanes) is 2. The maximum absolute atomic E-state index is 14.1. The van der Waals surface area contributed by atoms with Crippen LogP contribution in [-0.4, -0.2) is 38.6 Å². The number of Topliss-reactive ketones (excluding diaryl/α,β-unsaturated/α-hetero) is 1. The normalized spacial score (nSPS) is 15.1. The highest BCUT2D eigenvalue weighted by atomic mass is 32.2. The fourth-order valence-corrected chi connectivity index (χ4v) is 7.34. The number of aromatic nitrogens is 3. The van der Waals surface area contributed by atoms with Crippen LogP contribution in [0.25, 0.3) is 0 Å². The summed E-state index contributed by atoms with van der Waals surface area (Å²) in [5.41, 5.74) is 1.62. The number of benzene rings is 2. The van der Waals surface area contributed by atoms with E-state index in [1.54, 1.807) is 56.3 Å². The molecule has 1 unspecified atom stereocenters. The number of ketones is 1. The molecule has 0 fully saturated rings. The van der Waals surface area contributed by atoms with Crippen molar-refractivity contribution in [3.8, 4) is 5.75 Å². The van der Waals surface area contributed by atoms with Crippen molar-refractivity contribution < 1.29 is 23.8 Å². The molecular formula is C30H29FN4O4S3. The number of carbonyl (C=O) groups is 2. The van der Waals surface area contributed by atoms with Gasteiger partial charge < -0.3 is 9.84 Å². The number of aliphatic hydroxyl groups excluding tert-OH is 1. The van der Waals surface area contributed by atoms with Gasteiger partial charge in [-0.25, -0.2) is 9.37 Å². The molecule has 1 aliphatic heterocycles. The number of aryl methyl sites for hydroxylation is 2. The second-order valence-corrected chi connectivity index (χ2v) is 13.1. The van der Waals surface area contributed by atoms with Gasteiger partial charge in [-0.05, 0) is 49.6 Å². The fourth-order valence-electron chi connectivity index (χ4n) is 4.62. The van der Waals surface area contributed by atoms with E-state index in [0.29, 0.717) is 49.2 Å². The number of anilines is 1. The van der Waals surface area contributed by atoms with Crippen molar-refractivity contribution in [2.24, 2.45) is 0 Å². The Balaban J connectivity index is 1.47. The number of hydrogen-bond acceptors (Lipinski definition) is 10. The SMILES string of the molecule is CCCCCOc1ccc(C2C(C(=O)c3sc(C)nc3C)=C(O)C(=O)N2c2nnc(SCc3ccccc3F)s2)cc1. The van der Waals surface area contributed by atoms with Crippen molar-refractivity contribution in [2.75, 3.05) is 11.5 Å². The molecule has 1 amide bonds. The maximum atomic E-state index is 14.1. The van der Waals surface area contributed by atoms with E-state index in [9.17, 15) is 19.1 Å². The van der Waals surface area contributed by atoms with Crippen LogP contribution in [0.5, 0.6) is 5.75 Å². The number of carbonyl (C=O) groups excluding carboxylic acids is 2. The highest BCUT2D eigenvalue weighted by molar-refractivity contribution is 8.00. The second-order valence-electron chi connectivity index (χ2n) is 9.67. The first kappa shape index (κ1) is 29.9. The molecule has 1 N–H and O–H groups in total. The van der Waals surface area contributed by atoms with E-state index in [-0.39, 0.29) is 16.5 Å². The average molecular weight is 625 g/mol. The molecule has 8 nitrogen and oxygen atoms in total. The van der Waals surface area contributed by atoms with Crippen molar-refractivity contribution >= 4 is 51.3 Å². The van der Waals surface area contributed by atoms with E-state index in [1.165, 1.54) is 34.1 Å². The summed E-state index contributed by atoms with van der Waals surface area (Å²) < 4.78 is 20.5. The molecule has 5 rings (SSSR count). The first-order valence-electron chi connectivity index (χ1n) is 13.5. The third kappa shape index (κ3) is 6.25. The highest BCUT2D eigenvalue weighted by Crippen LogP contribution is 2.44. The summed E-state index contributed by atoms with van der Waals surface area (Å²) in [7, 11) is 0. The molecule has 3 heterocycles. The molecule has 0 saturated carbocycles. The number of thioether (sulfide) groups is 1. The number of ether oxygens (including phenoxy) is 1. The minimum atomic E-state index is -0.946. The Hall–Kier alpha value is -3.61. The lowest BCUT2D eigenvalue weighted by atomic mass is 9.95. The van der Waals surface area contributed by atoms with Gasteiger partial charge in [0.05, 0.1) is 33.8 Å². The molecule has 2 aromatic carbocycles. The second kappa shape index (κ2) is 13.1. The molecule has 1 atom stereocenters. The minimum Gasteiger partial charge on any atom is -0.503 e. The van der Waals surface area contributed by atoms with Crippen LogP contribution in [0, 0.1) is 19.7 Å². The molecule has 42 heavy (non-hydrogen) atoms. The van der Waals surface area contributed by atoms with Gasteiger partial charge in [-0.3, -0.25) is 14.5 Å². The van der Waals surface area contributed by atoms with Gasteiger partial charge in [0.15, 0.2) is 10.1 Å². The topological polar surface area (TPSA) is 106 Å². The number of aliphatic hydroxyl groups is 1. The molecule has 0 bridgehead atoms. The van der Waals surface area contributed by atoms with E-state index in [2.05, 4.69) is 22.1 Å². The first-order chi connectivity index (χ1) is 20.3. The Labute approximate surface area is 255 Å². The van der Waals surface area contributed by atoms with Crippen LogP contribution in [0.15, 0.2) is 64.2 Å². The van der Waals surface area contributed by atoms with Crippen LogP contribution in [0.3, 0.4) is 0 Å². The lowest BCUT2D eigenvalue weighted by Gasteiger charge is -2.24. The van der Waals surface area contributed by atoms with E-state index < -0.39 is 23.5 Å². The molecular weight excluding hydrogens is 596 g/mol. The Kier molecular flexibility index (Phi) is 9.34. The molecule has 0 saturated heterocycles. The third-order valence-electron chi connectivity index (χ3n) is 6.69.